The summed E-state index contributed by atoms with van der Waals surface area (Å²) in [5.74, 6) is 0.757. The standard InChI is InChI=1S/C15H28O3/c1-3-17-15(16)10-5-4-6-11-18-14-9-7-8-13(2)12-14/h13-14H,3-12H2,1-2H3. The van der Waals surface area contributed by atoms with Crippen molar-refractivity contribution in [1.29, 1.82) is 0 Å². The van der Waals surface area contributed by atoms with Crippen molar-refractivity contribution in [2.75, 3.05) is 13.2 Å². The fourth-order valence-corrected chi connectivity index (χ4v) is 2.56. The molecule has 1 saturated carbocycles. The van der Waals surface area contributed by atoms with Gasteiger partial charge in [-0.3, -0.25) is 4.79 Å². The lowest BCUT2D eigenvalue weighted by atomic mass is 9.89. The van der Waals surface area contributed by atoms with Crippen LogP contribution in [-0.4, -0.2) is 25.3 Å². The van der Waals surface area contributed by atoms with Crippen molar-refractivity contribution in [2.45, 2.75) is 71.3 Å². The highest BCUT2D eigenvalue weighted by molar-refractivity contribution is 5.69. The fourth-order valence-electron chi connectivity index (χ4n) is 2.56. The summed E-state index contributed by atoms with van der Waals surface area (Å²) >= 11 is 0. The molecule has 0 aromatic carbocycles. The van der Waals surface area contributed by atoms with E-state index in [-0.39, 0.29) is 5.97 Å². The zero-order valence-corrected chi connectivity index (χ0v) is 12.0. The normalized spacial score (nSPS) is 23.9. The van der Waals surface area contributed by atoms with Crippen LogP contribution in [-0.2, 0) is 14.3 Å². The largest absolute Gasteiger partial charge is 0.466 e. The molecule has 1 fully saturated rings. The Kier molecular flexibility index (Phi) is 8.06. The Labute approximate surface area is 111 Å². The van der Waals surface area contributed by atoms with E-state index < -0.39 is 0 Å². The second-order valence-electron chi connectivity index (χ2n) is 5.38. The molecule has 0 amide bonds. The molecule has 18 heavy (non-hydrogen) atoms. The minimum atomic E-state index is -0.0699. The Morgan fingerprint density at radius 2 is 2.06 bits per heavy atom. The molecule has 0 aromatic rings. The third-order valence-corrected chi connectivity index (χ3v) is 3.57. The average Bonchev–Trinajstić information content (AvgIpc) is 2.34. The molecule has 0 saturated heterocycles. The van der Waals surface area contributed by atoms with Gasteiger partial charge in [0.25, 0.3) is 0 Å². The topological polar surface area (TPSA) is 35.5 Å². The van der Waals surface area contributed by atoms with E-state index in [9.17, 15) is 4.79 Å². The van der Waals surface area contributed by atoms with Gasteiger partial charge in [0.05, 0.1) is 12.7 Å². The summed E-state index contributed by atoms with van der Waals surface area (Å²) < 4.78 is 10.8. The van der Waals surface area contributed by atoms with E-state index in [1.165, 1.54) is 25.7 Å². The Balaban J connectivity index is 1.90. The monoisotopic (exact) mass is 256 g/mol. The van der Waals surface area contributed by atoms with E-state index in [2.05, 4.69) is 6.92 Å². The molecule has 0 aliphatic heterocycles. The predicted octanol–water partition coefficient (Wildman–Crippen LogP) is 3.71. The maximum Gasteiger partial charge on any atom is 0.305 e. The summed E-state index contributed by atoms with van der Waals surface area (Å²) in [7, 11) is 0. The molecule has 0 heterocycles. The van der Waals surface area contributed by atoms with Crippen LogP contribution in [0.4, 0.5) is 0 Å². The molecule has 0 N–H and O–H groups in total. The number of hydrogen-bond acceptors (Lipinski definition) is 3. The van der Waals surface area contributed by atoms with Gasteiger partial charge in [0.15, 0.2) is 0 Å². The smallest absolute Gasteiger partial charge is 0.305 e. The second kappa shape index (κ2) is 9.37. The maximum atomic E-state index is 11.1. The second-order valence-corrected chi connectivity index (χ2v) is 5.38. The van der Waals surface area contributed by atoms with Gasteiger partial charge in [-0.05, 0) is 38.5 Å². The molecule has 106 valence electrons. The van der Waals surface area contributed by atoms with E-state index in [4.69, 9.17) is 9.47 Å². The first kappa shape index (κ1) is 15.5. The number of hydrogen-bond donors (Lipinski definition) is 0. The number of esters is 1. The van der Waals surface area contributed by atoms with Crippen molar-refractivity contribution in [1.82, 2.24) is 0 Å². The minimum absolute atomic E-state index is 0.0699. The first-order chi connectivity index (χ1) is 8.72. The van der Waals surface area contributed by atoms with Crippen molar-refractivity contribution in [3.8, 4) is 0 Å². The van der Waals surface area contributed by atoms with Gasteiger partial charge >= 0.3 is 5.97 Å². The van der Waals surface area contributed by atoms with Crippen LogP contribution >= 0.6 is 0 Å². The molecule has 0 bridgehead atoms. The number of carbonyl (C=O) groups excluding carboxylic acids is 1. The van der Waals surface area contributed by atoms with Crippen molar-refractivity contribution in [2.24, 2.45) is 5.92 Å². The van der Waals surface area contributed by atoms with Crippen molar-refractivity contribution >= 4 is 5.97 Å². The van der Waals surface area contributed by atoms with Crippen LogP contribution in [0.1, 0.15) is 65.2 Å². The van der Waals surface area contributed by atoms with Crippen LogP contribution < -0.4 is 0 Å². The van der Waals surface area contributed by atoms with Gasteiger partial charge in [-0.15, -0.1) is 0 Å². The van der Waals surface area contributed by atoms with Gasteiger partial charge in [0.1, 0.15) is 0 Å². The number of ether oxygens (including phenoxy) is 2. The van der Waals surface area contributed by atoms with Gasteiger partial charge in [-0.25, -0.2) is 0 Å². The van der Waals surface area contributed by atoms with E-state index >= 15 is 0 Å². The van der Waals surface area contributed by atoms with Crippen molar-refractivity contribution in [3.63, 3.8) is 0 Å². The average molecular weight is 256 g/mol. The number of rotatable bonds is 8. The van der Waals surface area contributed by atoms with Gasteiger partial charge in [0, 0.05) is 13.0 Å². The van der Waals surface area contributed by atoms with Crippen LogP contribution in [0.5, 0.6) is 0 Å². The zero-order valence-electron chi connectivity index (χ0n) is 12.0. The third-order valence-electron chi connectivity index (χ3n) is 3.57. The van der Waals surface area contributed by atoms with E-state index in [0.717, 1.165) is 31.8 Å². The van der Waals surface area contributed by atoms with E-state index in [1.54, 1.807) is 0 Å². The summed E-state index contributed by atoms with van der Waals surface area (Å²) in [6.07, 6.45) is 9.20. The van der Waals surface area contributed by atoms with Gasteiger partial charge < -0.3 is 9.47 Å². The molecule has 3 heteroatoms. The Morgan fingerprint density at radius 3 is 2.78 bits per heavy atom. The summed E-state index contributed by atoms with van der Waals surface area (Å²) in [4.78, 5) is 11.1. The Morgan fingerprint density at radius 1 is 1.22 bits per heavy atom. The highest BCUT2D eigenvalue weighted by atomic mass is 16.5. The highest BCUT2D eigenvalue weighted by Gasteiger charge is 2.18. The van der Waals surface area contributed by atoms with E-state index in [0.29, 0.717) is 19.1 Å². The lowest BCUT2D eigenvalue weighted by Gasteiger charge is -2.26. The number of unbranched alkanes of at least 4 members (excludes halogenated alkanes) is 2. The Hall–Kier alpha value is -0.570. The summed E-state index contributed by atoms with van der Waals surface area (Å²) in [5.41, 5.74) is 0. The van der Waals surface area contributed by atoms with Crippen LogP contribution in [0, 0.1) is 5.92 Å². The lowest BCUT2D eigenvalue weighted by molar-refractivity contribution is -0.143. The van der Waals surface area contributed by atoms with Crippen LogP contribution in [0.15, 0.2) is 0 Å². The first-order valence-electron chi connectivity index (χ1n) is 7.49. The quantitative estimate of drug-likeness (QED) is 0.490. The van der Waals surface area contributed by atoms with Crippen molar-refractivity contribution < 1.29 is 14.3 Å². The van der Waals surface area contributed by atoms with Gasteiger partial charge in [-0.2, -0.15) is 0 Å². The summed E-state index contributed by atoms with van der Waals surface area (Å²) in [5, 5.41) is 0. The molecule has 1 aliphatic rings. The molecular formula is C15H28O3. The molecule has 1 aliphatic carbocycles. The molecule has 0 aromatic heterocycles. The fraction of sp³-hybridized carbons (Fsp3) is 0.933. The third kappa shape index (κ3) is 7.00. The zero-order chi connectivity index (χ0) is 13.2. The molecule has 0 spiro atoms. The predicted molar refractivity (Wildman–Crippen MR) is 72.5 cm³/mol. The lowest BCUT2D eigenvalue weighted by Crippen LogP contribution is -2.21. The Bertz CT molecular complexity index is 228. The van der Waals surface area contributed by atoms with Crippen LogP contribution in [0.3, 0.4) is 0 Å². The number of carbonyl (C=O) groups is 1. The molecule has 3 nitrogen and oxygen atoms in total. The highest BCUT2D eigenvalue weighted by Crippen LogP contribution is 2.25. The van der Waals surface area contributed by atoms with E-state index in [1.807, 2.05) is 6.92 Å². The van der Waals surface area contributed by atoms with Gasteiger partial charge in [-0.1, -0.05) is 26.2 Å². The summed E-state index contributed by atoms with van der Waals surface area (Å²) in [6, 6.07) is 0. The molecule has 2 atom stereocenters. The van der Waals surface area contributed by atoms with Crippen LogP contribution in [0.25, 0.3) is 0 Å². The molecule has 1 rings (SSSR count). The summed E-state index contributed by atoms with van der Waals surface area (Å²) in [6.45, 7) is 5.49. The SMILES string of the molecule is CCOC(=O)CCCCCOC1CCCC(C)C1. The van der Waals surface area contributed by atoms with Gasteiger partial charge in [0.2, 0.25) is 0 Å². The molecule has 0 radical (unpaired) electrons. The maximum absolute atomic E-state index is 11.1. The van der Waals surface area contributed by atoms with Crippen LogP contribution in [0.2, 0.25) is 0 Å². The molecule has 2 unspecified atom stereocenters. The first-order valence-corrected chi connectivity index (χ1v) is 7.49. The minimum Gasteiger partial charge on any atom is -0.466 e. The molecular weight excluding hydrogens is 228 g/mol. The van der Waals surface area contributed by atoms with Crippen molar-refractivity contribution in [3.05, 3.63) is 0 Å².